The van der Waals surface area contributed by atoms with Crippen LogP contribution in [-0.2, 0) is 0 Å². The summed E-state index contributed by atoms with van der Waals surface area (Å²) in [5.74, 6) is 0.835. The molecular formula is C3H5ClS. The van der Waals surface area contributed by atoms with Gasteiger partial charge < -0.3 is 0 Å². The molecule has 0 radical (unpaired) electrons. The second kappa shape index (κ2) is 4.38. The molecule has 0 nitrogen and oxygen atoms in total. The van der Waals surface area contributed by atoms with E-state index in [1.54, 1.807) is 6.08 Å². The van der Waals surface area contributed by atoms with Crippen LogP contribution >= 0.6 is 21.7 Å². The van der Waals surface area contributed by atoms with E-state index in [1.807, 2.05) is 0 Å². The van der Waals surface area contributed by atoms with Gasteiger partial charge in [0.15, 0.2) is 0 Å². The van der Waals surface area contributed by atoms with Crippen LogP contribution in [0, 0.1) is 0 Å². The second-order valence-electron chi connectivity index (χ2n) is 0.564. The molecule has 0 aromatic heterocycles. The van der Waals surface area contributed by atoms with Crippen molar-refractivity contribution in [2.75, 3.05) is 5.75 Å². The lowest BCUT2D eigenvalue weighted by Gasteiger charge is -1.70. The first-order valence-corrected chi connectivity index (χ1v) is 3.07. The van der Waals surface area contributed by atoms with Gasteiger partial charge in [0.25, 0.3) is 0 Å². The Morgan fingerprint density at radius 1 is 2.00 bits per heavy atom. The fourth-order valence-electron chi connectivity index (χ4n) is 0.0445. The molecule has 0 aliphatic rings. The summed E-state index contributed by atoms with van der Waals surface area (Å²) in [4.78, 5) is 0. The molecule has 0 saturated carbocycles. The average Bonchev–Trinajstić information content (AvgIpc) is 1.41. The van der Waals surface area contributed by atoms with Gasteiger partial charge in [-0.05, 0) is 10.7 Å². The number of halogens is 1. The number of hydrogen-bond acceptors (Lipinski definition) is 1. The van der Waals surface area contributed by atoms with Crippen molar-refractivity contribution >= 4 is 21.7 Å². The highest BCUT2D eigenvalue weighted by Gasteiger charge is 1.64. The van der Waals surface area contributed by atoms with Crippen LogP contribution in [0.2, 0.25) is 0 Å². The molecule has 0 atom stereocenters. The number of rotatable bonds is 2. The lowest BCUT2D eigenvalue weighted by molar-refractivity contribution is 1.84. The summed E-state index contributed by atoms with van der Waals surface area (Å²) in [6.07, 6.45) is 1.76. The monoisotopic (exact) mass is 108 g/mol. The molecule has 0 saturated heterocycles. The average molecular weight is 109 g/mol. The molecule has 0 aromatic rings. The predicted octanol–water partition coefficient (Wildman–Crippen LogP) is 2.06. The maximum absolute atomic E-state index is 5.15. The van der Waals surface area contributed by atoms with Gasteiger partial charge >= 0.3 is 0 Å². The smallest absolute Gasteiger partial charge is 0.0263 e. The fourth-order valence-corrected chi connectivity index (χ4v) is 0.401. The maximum atomic E-state index is 5.15. The van der Waals surface area contributed by atoms with E-state index in [0.717, 1.165) is 5.75 Å². The van der Waals surface area contributed by atoms with Gasteiger partial charge in [-0.1, -0.05) is 17.1 Å². The highest BCUT2D eigenvalue weighted by atomic mass is 35.7. The lowest BCUT2D eigenvalue weighted by atomic mass is 10.8. The van der Waals surface area contributed by atoms with Crippen molar-refractivity contribution in [1.82, 2.24) is 0 Å². The Kier molecular flexibility index (Phi) is 4.71. The van der Waals surface area contributed by atoms with E-state index in [9.17, 15) is 0 Å². The van der Waals surface area contributed by atoms with Gasteiger partial charge in [0, 0.05) is 5.75 Å². The van der Waals surface area contributed by atoms with Crippen molar-refractivity contribution in [3.05, 3.63) is 12.7 Å². The van der Waals surface area contributed by atoms with Crippen molar-refractivity contribution in [3.8, 4) is 0 Å². The zero-order valence-electron chi connectivity index (χ0n) is 2.78. The Bertz CT molecular complexity index is 28.1. The van der Waals surface area contributed by atoms with Gasteiger partial charge in [0.2, 0.25) is 0 Å². The molecule has 2 heteroatoms. The highest BCUT2D eigenvalue weighted by Crippen LogP contribution is 2.02. The van der Waals surface area contributed by atoms with E-state index in [4.69, 9.17) is 10.7 Å². The first-order chi connectivity index (χ1) is 2.41. The third-order valence-electron chi connectivity index (χ3n) is 0.181. The van der Waals surface area contributed by atoms with Gasteiger partial charge in [-0.3, -0.25) is 0 Å². The zero-order chi connectivity index (χ0) is 4.12. The van der Waals surface area contributed by atoms with Gasteiger partial charge in [-0.2, -0.15) is 0 Å². The zero-order valence-corrected chi connectivity index (χ0v) is 4.35. The first-order valence-electron chi connectivity index (χ1n) is 1.26. The van der Waals surface area contributed by atoms with Crippen molar-refractivity contribution in [2.45, 2.75) is 0 Å². The van der Waals surface area contributed by atoms with E-state index in [-0.39, 0.29) is 0 Å². The van der Waals surface area contributed by atoms with Crippen molar-refractivity contribution in [3.63, 3.8) is 0 Å². The largest absolute Gasteiger partial charge is 0.102 e. The molecule has 0 amide bonds. The Balaban J connectivity index is 2.40. The van der Waals surface area contributed by atoms with Crippen molar-refractivity contribution < 1.29 is 0 Å². The summed E-state index contributed by atoms with van der Waals surface area (Å²) in [5, 5.41) is 0. The minimum Gasteiger partial charge on any atom is -0.102 e. The Morgan fingerprint density at radius 2 is 2.60 bits per heavy atom. The first kappa shape index (κ1) is 5.38. The summed E-state index contributed by atoms with van der Waals surface area (Å²) >= 11 is 0. The fraction of sp³-hybridized carbons (Fsp3) is 0.333. The standard InChI is InChI=1S/C3H5ClS/c1-2-3-5-4/h2H,1,3H2. The Morgan fingerprint density at radius 3 is 2.60 bits per heavy atom. The van der Waals surface area contributed by atoms with Crippen LogP contribution in [0.15, 0.2) is 12.7 Å². The van der Waals surface area contributed by atoms with Crippen LogP contribution in [-0.4, -0.2) is 5.75 Å². The van der Waals surface area contributed by atoms with E-state index < -0.39 is 0 Å². The van der Waals surface area contributed by atoms with Gasteiger partial charge in [-0.15, -0.1) is 6.58 Å². The van der Waals surface area contributed by atoms with Gasteiger partial charge in [0.1, 0.15) is 0 Å². The lowest BCUT2D eigenvalue weighted by Crippen LogP contribution is -1.52. The molecule has 0 spiro atoms. The Hall–Kier alpha value is 0.380. The molecule has 0 bridgehead atoms. The normalized spacial score (nSPS) is 7.40. The number of hydrogen-bond donors (Lipinski definition) is 0. The predicted molar refractivity (Wildman–Crippen MR) is 28.5 cm³/mol. The van der Waals surface area contributed by atoms with Crippen LogP contribution in [0.1, 0.15) is 0 Å². The SMILES string of the molecule is C=CCSCl. The van der Waals surface area contributed by atoms with Crippen molar-refractivity contribution in [2.24, 2.45) is 0 Å². The van der Waals surface area contributed by atoms with Crippen LogP contribution in [0.3, 0.4) is 0 Å². The molecule has 0 N–H and O–H groups in total. The van der Waals surface area contributed by atoms with Crippen molar-refractivity contribution in [1.29, 1.82) is 0 Å². The molecule has 0 aromatic carbocycles. The van der Waals surface area contributed by atoms with E-state index >= 15 is 0 Å². The molecule has 5 heavy (non-hydrogen) atoms. The summed E-state index contributed by atoms with van der Waals surface area (Å²) in [6.45, 7) is 3.45. The van der Waals surface area contributed by atoms with Gasteiger partial charge in [0.05, 0.1) is 0 Å². The maximum Gasteiger partial charge on any atom is 0.0263 e. The van der Waals surface area contributed by atoms with Crippen LogP contribution in [0.25, 0.3) is 0 Å². The topological polar surface area (TPSA) is 0 Å². The van der Waals surface area contributed by atoms with E-state index in [0.29, 0.717) is 0 Å². The summed E-state index contributed by atoms with van der Waals surface area (Å²) in [7, 11) is 6.40. The van der Waals surface area contributed by atoms with Crippen LogP contribution in [0.4, 0.5) is 0 Å². The molecule has 0 unspecified atom stereocenters. The third-order valence-corrected chi connectivity index (χ3v) is 0.921. The quantitative estimate of drug-likeness (QED) is 0.488. The van der Waals surface area contributed by atoms with E-state index in [1.165, 1.54) is 11.0 Å². The van der Waals surface area contributed by atoms with Crippen LogP contribution < -0.4 is 0 Å². The molecule has 0 aliphatic carbocycles. The minimum absolute atomic E-state index is 0.835. The summed E-state index contributed by atoms with van der Waals surface area (Å²) in [6, 6.07) is 0. The van der Waals surface area contributed by atoms with Gasteiger partial charge in [-0.25, -0.2) is 0 Å². The van der Waals surface area contributed by atoms with Crippen LogP contribution in [0.5, 0.6) is 0 Å². The molecular weight excluding hydrogens is 104 g/mol. The Labute approximate surface area is 40.7 Å². The minimum atomic E-state index is 0.835. The molecule has 0 aliphatic heterocycles. The highest BCUT2D eigenvalue weighted by molar-refractivity contribution is 8.21. The third kappa shape index (κ3) is 4.38. The molecule has 0 rings (SSSR count). The second-order valence-corrected chi connectivity index (χ2v) is 1.77. The molecule has 30 valence electrons. The van der Waals surface area contributed by atoms with E-state index in [2.05, 4.69) is 6.58 Å². The summed E-state index contributed by atoms with van der Waals surface area (Å²) < 4.78 is 0. The molecule has 0 fully saturated rings. The molecule has 0 heterocycles. The summed E-state index contributed by atoms with van der Waals surface area (Å²) in [5.41, 5.74) is 0.